The third-order valence-electron chi connectivity index (χ3n) is 3.12. The predicted molar refractivity (Wildman–Crippen MR) is 82.7 cm³/mol. The number of hydrogen-bond donors (Lipinski definition) is 0. The molecule has 1 aliphatic carbocycles. The molecule has 1 aliphatic rings. The van der Waals surface area contributed by atoms with Crippen molar-refractivity contribution in [3.63, 3.8) is 0 Å². The quantitative estimate of drug-likeness (QED) is 0.734. The molecule has 2 aromatic rings. The molecule has 2 nitrogen and oxygen atoms in total. The van der Waals surface area contributed by atoms with Crippen molar-refractivity contribution >= 4 is 33.3 Å². The third kappa shape index (κ3) is 3.05. The number of ether oxygens (including phenoxy) is 1. The largest absolute Gasteiger partial charge is 0.490 e. The van der Waals surface area contributed by atoms with Crippen molar-refractivity contribution in [3.8, 4) is 5.75 Å². The maximum atomic E-state index is 12.4. The lowest BCUT2D eigenvalue weighted by atomic mass is 10.0. The van der Waals surface area contributed by atoms with E-state index in [2.05, 4.69) is 15.9 Å². The lowest BCUT2D eigenvalue weighted by Gasteiger charge is -2.07. The van der Waals surface area contributed by atoms with Crippen molar-refractivity contribution < 1.29 is 9.53 Å². The fourth-order valence-corrected chi connectivity index (χ4v) is 2.65. The van der Waals surface area contributed by atoms with E-state index in [1.54, 1.807) is 24.3 Å². The molecule has 0 spiro atoms. The normalized spacial score (nSPS) is 14.1. The van der Waals surface area contributed by atoms with Crippen LogP contribution < -0.4 is 4.74 Å². The van der Waals surface area contributed by atoms with Crippen molar-refractivity contribution in [3.05, 3.63) is 63.1 Å². The first-order chi connectivity index (χ1) is 9.63. The molecule has 0 unspecified atom stereocenters. The van der Waals surface area contributed by atoms with E-state index < -0.39 is 0 Å². The Hall–Kier alpha value is -1.32. The van der Waals surface area contributed by atoms with E-state index in [1.807, 2.05) is 18.2 Å². The van der Waals surface area contributed by atoms with E-state index in [1.165, 1.54) is 0 Å². The Morgan fingerprint density at radius 3 is 2.45 bits per heavy atom. The summed E-state index contributed by atoms with van der Waals surface area (Å²) in [6.07, 6.45) is 2.60. The van der Waals surface area contributed by atoms with E-state index in [9.17, 15) is 4.79 Å². The standard InChI is InChI=1S/C16H12BrClO2/c17-11-3-8-14(15(18)9-11)16(19)10-1-4-12(5-2-10)20-13-6-7-13/h1-5,8-9,13H,6-7H2. The smallest absolute Gasteiger partial charge is 0.194 e. The van der Waals surface area contributed by atoms with Gasteiger partial charge in [0, 0.05) is 15.6 Å². The lowest BCUT2D eigenvalue weighted by Crippen LogP contribution is -2.02. The number of hydrogen-bond acceptors (Lipinski definition) is 2. The molecule has 0 atom stereocenters. The molecule has 1 saturated carbocycles. The van der Waals surface area contributed by atoms with Gasteiger partial charge in [-0.15, -0.1) is 0 Å². The topological polar surface area (TPSA) is 26.3 Å². The summed E-state index contributed by atoms with van der Waals surface area (Å²) < 4.78 is 6.52. The van der Waals surface area contributed by atoms with E-state index in [0.717, 1.165) is 23.1 Å². The van der Waals surface area contributed by atoms with Gasteiger partial charge in [0.2, 0.25) is 0 Å². The Balaban J connectivity index is 1.82. The Morgan fingerprint density at radius 2 is 1.85 bits per heavy atom. The van der Waals surface area contributed by atoms with Gasteiger partial charge in [-0.1, -0.05) is 27.5 Å². The van der Waals surface area contributed by atoms with Crippen LogP contribution in [0.15, 0.2) is 46.9 Å². The van der Waals surface area contributed by atoms with Gasteiger partial charge in [-0.2, -0.15) is 0 Å². The second-order valence-corrected chi connectivity index (χ2v) is 6.12. The van der Waals surface area contributed by atoms with Crippen LogP contribution in [0.1, 0.15) is 28.8 Å². The highest BCUT2D eigenvalue weighted by molar-refractivity contribution is 9.10. The molecule has 2 aromatic carbocycles. The Kier molecular flexibility index (Phi) is 3.81. The maximum absolute atomic E-state index is 12.4. The number of rotatable bonds is 4. The van der Waals surface area contributed by atoms with Gasteiger partial charge in [0.25, 0.3) is 0 Å². The SMILES string of the molecule is O=C(c1ccc(OC2CC2)cc1)c1ccc(Br)cc1Cl. The van der Waals surface area contributed by atoms with Gasteiger partial charge in [-0.3, -0.25) is 4.79 Å². The van der Waals surface area contributed by atoms with Crippen molar-refractivity contribution in [2.45, 2.75) is 18.9 Å². The van der Waals surface area contributed by atoms with Gasteiger partial charge >= 0.3 is 0 Å². The molecule has 4 heteroatoms. The zero-order valence-electron chi connectivity index (χ0n) is 10.6. The molecule has 0 saturated heterocycles. The zero-order valence-corrected chi connectivity index (χ0v) is 12.9. The lowest BCUT2D eigenvalue weighted by molar-refractivity contribution is 0.103. The van der Waals surface area contributed by atoms with Crippen molar-refractivity contribution in [2.24, 2.45) is 0 Å². The highest BCUT2D eigenvalue weighted by Gasteiger charge is 2.23. The molecule has 0 amide bonds. The summed E-state index contributed by atoms with van der Waals surface area (Å²) in [4.78, 5) is 12.4. The van der Waals surface area contributed by atoms with Crippen LogP contribution >= 0.6 is 27.5 Å². The summed E-state index contributed by atoms with van der Waals surface area (Å²) in [6.45, 7) is 0. The monoisotopic (exact) mass is 350 g/mol. The van der Waals surface area contributed by atoms with Gasteiger partial charge < -0.3 is 4.74 Å². The van der Waals surface area contributed by atoms with Crippen molar-refractivity contribution in [1.82, 2.24) is 0 Å². The molecule has 0 bridgehead atoms. The van der Waals surface area contributed by atoms with Crippen LogP contribution in [0, 0.1) is 0 Å². The molecule has 102 valence electrons. The van der Waals surface area contributed by atoms with E-state index in [0.29, 0.717) is 22.3 Å². The van der Waals surface area contributed by atoms with Crippen LogP contribution in [-0.4, -0.2) is 11.9 Å². The number of benzene rings is 2. The summed E-state index contributed by atoms with van der Waals surface area (Å²) in [5, 5.41) is 0.447. The number of halogens is 2. The zero-order chi connectivity index (χ0) is 14.1. The number of carbonyl (C=O) groups excluding carboxylic acids is 1. The molecule has 0 aliphatic heterocycles. The molecule has 3 rings (SSSR count). The minimum absolute atomic E-state index is 0.0829. The first-order valence-corrected chi connectivity index (χ1v) is 7.57. The highest BCUT2D eigenvalue weighted by atomic mass is 79.9. The van der Waals surface area contributed by atoms with Crippen LogP contribution in [0.25, 0.3) is 0 Å². The van der Waals surface area contributed by atoms with Gasteiger partial charge in [0.15, 0.2) is 5.78 Å². The second kappa shape index (κ2) is 5.58. The van der Waals surface area contributed by atoms with E-state index in [-0.39, 0.29) is 5.78 Å². The average molecular weight is 352 g/mol. The maximum Gasteiger partial charge on any atom is 0.194 e. The van der Waals surface area contributed by atoms with Gasteiger partial charge in [0.05, 0.1) is 11.1 Å². The van der Waals surface area contributed by atoms with Crippen LogP contribution in [0.3, 0.4) is 0 Å². The third-order valence-corrected chi connectivity index (χ3v) is 3.93. The average Bonchev–Trinajstić information content (AvgIpc) is 3.23. The molecular formula is C16H12BrClO2. The molecule has 0 radical (unpaired) electrons. The minimum atomic E-state index is -0.0829. The van der Waals surface area contributed by atoms with E-state index in [4.69, 9.17) is 16.3 Å². The molecular weight excluding hydrogens is 340 g/mol. The molecule has 20 heavy (non-hydrogen) atoms. The molecule has 0 N–H and O–H groups in total. The summed E-state index contributed by atoms with van der Waals surface area (Å²) >= 11 is 9.43. The van der Waals surface area contributed by atoms with Crippen LogP contribution in [0.4, 0.5) is 0 Å². The Morgan fingerprint density at radius 1 is 1.15 bits per heavy atom. The molecule has 1 fully saturated rings. The summed E-state index contributed by atoms with van der Waals surface area (Å²) in [6, 6.07) is 12.5. The Bertz CT molecular complexity index is 648. The van der Waals surface area contributed by atoms with Crippen LogP contribution in [0.5, 0.6) is 5.75 Å². The fraction of sp³-hybridized carbons (Fsp3) is 0.188. The highest BCUT2D eigenvalue weighted by Crippen LogP contribution is 2.28. The van der Waals surface area contributed by atoms with Crippen LogP contribution in [-0.2, 0) is 0 Å². The minimum Gasteiger partial charge on any atom is -0.490 e. The number of carbonyl (C=O) groups is 1. The first-order valence-electron chi connectivity index (χ1n) is 6.40. The summed E-state index contributed by atoms with van der Waals surface area (Å²) in [7, 11) is 0. The second-order valence-electron chi connectivity index (χ2n) is 4.79. The van der Waals surface area contributed by atoms with Gasteiger partial charge in [-0.25, -0.2) is 0 Å². The first kappa shape index (κ1) is 13.7. The van der Waals surface area contributed by atoms with Gasteiger partial charge in [-0.05, 0) is 55.3 Å². The van der Waals surface area contributed by atoms with Crippen LogP contribution in [0.2, 0.25) is 5.02 Å². The van der Waals surface area contributed by atoms with Crippen molar-refractivity contribution in [2.75, 3.05) is 0 Å². The predicted octanol–water partition coefficient (Wildman–Crippen LogP) is 4.87. The summed E-state index contributed by atoms with van der Waals surface area (Å²) in [5.41, 5.74) is 1.11. The molecule has 0 aromatic heterocycles. The molecule has 0 heterocycles. The van der Waals surface area contributed by atoms with E-state index >= 15 is 0 Å². The van der Waals surface area contributed by atoms with Gasteiger partial charge in [0.1, 0.15) is 5.75 Å². The summed E-state index contributed by atoms with van der Waals surface area (Å²) in [5.74, 6) is 0.728. The Labute approximate surface area is 130 Å². The fourth-order valence-electron chi connectivity index (χ4n) is 1.89. The van der Waals surface area contributed by atoms with Crippen molar-refractivity contribution in [1.29, 1.82) is 0 Å². The number of ketones is 1.